The number of thiophene rings is 1. The normalized spacial score (nSPS) is 18.1. The van der Waals surface area contributed by atoms with Crippen molar-refractivity contribution in [3.05, 3.63) is 46.2 Å². The van der Waals surface area contributed by atoms with Gasteiger partial charge in [0, 0.05) is 31.1 Å². The van der Waals surface area contributed by atoms with Crippen molar-refractivity contribution in [2.75, 3.05) is 6.61 Å². The molecule has 1 N–H and O–H groups in total. The van der Waals surface area contributed by atoms with E-state index in [1.165, 1.54) is 0 Å². The van der Waals surface area contributed by atoms with Gasteiger partial charge in [-0.1, -0.05) is 0 Å². The summed E-state index contributed by atoms with van der Waals surface area (Å²) < 4.78 is 5.67. The topological polar surface area (TPSA) is 64.1 Å². The average Bonchev–Trinajstić information content (AvgIpc) is 3.07. The van der Waals surface area contributed by atoms with Gasteiger partial charge in [0.1, 0.15) is 6.10 Å². The molecule has 22 heavy (non-hydrogen) atoms. The van der Waals surface area contributed by atoms with Crippen molar-refractivity contribution in [3.63, 3.8) is 0 Å². The molecule has 1 atom stereocenters. The van der Waals surface area contributed by atoms with E-state index in [0.29, 0.717) is 13.0 Å². The molecule has 0 spiro atoms. The molecule has 0 saturated carbocycles. The largest absolute Gasteiger partial charge is 0.370 e. The van der Waals surface area contributed by atoms with Crippen LogP contribution in [-0.2, 0) is 22.5 Å². The molecule has 116 valence electrons. The fourth-order valence-corrected chi connectivity index (χ4v) is 3.08. The third-order valence-corrected chi connectivity index (χ3v) is 4.36. The van der Waals surface area contributed by atoms with E-state index in [1.54, 1.807) is 23.7 Å². The first-order valence-corrected chi connectivity index (χ1v) is 8.46. The maximum atomic E-state index is 11.8. The highest BCUT2D eigenvalue weighted by atomic mass is 32.1. The zero-order valence-corrected chi connectivity index (χ0v) is 13.1. The molecule has 3 rings (SSSR count). The van der Waals surface area contributed by atoms with Crippen molar-refractivity contribution in [2.24, 2.45) is 0 Å². The molecule has 0 bridgehead atoms. The van der Waals surface area contributed by atoms with Gasteiger partial charge in [0.15, 0.2) is 5.82 Å². The lowest BCUT2D eigenvalue weighted by Gasteiger charge is -2.21. The predicted molar refractivity (Wildman–Crippen MR) is 84.4 cm³/mol. The molecule has 2 aromatic rings. The lowest BCUT2D eigenvalue weighted by molar-refractivity contribution is -0.120. The van der Waals surface area contributed by atoms with E-state index in [2.05, 4.69) is 15.3 Å². The zero-order valence-electron chi connectivity index (χ0n) is 12.3. The first-order valence-electron chi connectivity index (χ1n) is 7.51. The summed E-state index contributed by atoms with van der Waals surface area (Å²) in [6.45, 7) is 1.24. The van der Waals surface area contributed by atoms with Crippen molar-refractivity contribution in [1.29, 1.82) is 0 Å². The molecule has 5 nitrogen and oxygen atoms in total. The van der Waals surface area contributed by atoms with Gasteiger partial charge >= 0.3 is 0 Å². The van der Waals surface area contributed by atoms with Gasteiger partial charge in [-0.15, -0.1) is 0 Å². The number of nitrogens with one attached hydrogen (secondary N) is 1. The third kappa shape index (κ3) is 4.11. The minimum atomic E-state index is 0.0121. The second-order valence-corrected chi connectivity index (χ2v) is 6.17. The zero-order chi connectivity index (χ0) is 15.2. The number of carbonyl (C=O) groups is 1. The monoisotopic (exact) mass is 317 g/mol. The number of carbonyl (C=O) groups excluding carboxylic acids is 1. The Kier molecular flexibility index (Phi) is 5.13. The van der Waals surface area contributed by atoms with Crippen LogP contribution in [0.15, 0.2) is 29.2 Å². The Hall–Kier alpha value is -1.79. The van der Waals surface area contributed by atoms with Crippen LogP contribution in [0.4, 0.5) is 0 Å². The molecule has 1 aliphatic rings. The molecule has 1 aliphatic heterocycles. The molecule has 6 heteroatoms. The summed E-state index contributed by atoms with van der Waals surface area (Å²) in [4.78, 5) is 20.6. The smallest absolute Gasteiger partial charge is 0.224 e. The Morgan fingerprint density at radius 2 is 2.18 bits per heavy atom. The number of nitrogens with zero attached hydrogens (tertiary/aromatic N) is 2. The molecule has 0 radical (unpaired) electrons. The van der Waals surface area contributed by atoms with E-state index in [4.69, 9.17) is 4.74 Å². The maximum absolute atomic E-state index is 11.8. The summed E-state index contributed by atoms with van der Waals surface area (Å²) in [5, 5.41) is 6.85. The van der Waals surface area contributed by atoms with Gasteiger partial charge < -0.3 is 10.1 Å². The number of rotatable bonds is 5. The van der Waals surface area contributed by atoms with Gasteiger partial charge in [0.05, 0.1) is 6.42 Å². The molecule has 0 aliphatic carbocycles. The highest BCUT2D eigenvalue weighted by Gasteiger charge is 2.18. The summed E-state index contributed by atoms with van der Waals surface area (Å²) in [6, 6.07) is 1.96. The summed E-state index contributed by atoms with van der Waals surface area (Å²) in [7, 11) is 0. The Morgan fingerprint density at radius 1 is 1.32 bits per heavy atom. The first-order chi connectivity index (χ1) is 10.8. The molecule has 2 aromatic heterocycles. The Balaban J connectivity index is 1.49. The second kappa shape index (κ2) is 7.47. The van der Waals surface area contributed by atoms with E-state index in [9.17, 15) is 4.79 Å². The van der Waals surface area contributed by atoms with Crippen LogP contribution in [-0.4, -0.2) is 22.5 Å². The summed E-state index contributed by atoms with van der Waals surface area (Å²) in [6.07, 6.45) is 7.24. The van der Waals surface area contributed by atoms with Gasteiger partial charge in [0.2, 0.25) is 5.91 Å². The molecule has 0 unspecified atom stereocenters. The highest BCUT2D eigenvalue weighted by molar-refractivity contribution is 7.07. The predicted octanol–water partition coefficient (Wildman–Crippen LogP) is 2.64. The molecule has 1 saturated heterocycles. The van der Waals surface area contributed by atoms with Crippen molar-refractivity contribution < 1.29 is 9.53 Å². The van der Waals surface area contributed by atoms with Crippen LogP contribution >= 0.6 is 11.3 Å². The summed E-state index contributed by atoms with van der Waals surface area (Å²) in [5.74, 6) is 0.756. The number of aromatic nitrogens is 2. The summed E-state index contributed by atoms with van der Waals surface area (Å²) >= 11 is 1.60. The quantitative estimate of drug-likeness (QED) is 0.921. The summed E-state index contributed by atoms with van der Waals surface area (Å²) in [5.41, 5.74) is 1.95. The SMILES string of the molecule is O=C(Cc1ccsc1)NCc1cnc([C@H]2CCCCO2)nc1. The molecular formula is C16H19N3O2S. The van der Waals surface area contributed by atoms with E-state index >= 15 is 0 Å². The highest BCUT2D eigenvalue weighted by Crippen LogP contribution is 2.24. The minimum absolute atomic E-state index is 0.0121. The number of ether oxygens (including phenoxy) is 1. The molecule has 0 aromatic carbocycles. The first kappa shape index (κ1) is 15.1. The van der Waals surface area contributed by atoms with Crippen molar-refractivity contribution in [1.82, 2.24) is 15.3 Å². The number of amides is 1. The van der Waals surface area contributed by atoms with Gasteiger partial charge in [-0.25, -0.2) is 9.97 Å². The average molecular weight is 317 g/mol. The standard InChI is InChI=1S/C16H19N3O2S/c20-15(7-12-4-6-22-11-12)17-8-13-9-18-16(19-10-13)14-3-1-2-5-21-14/h4,6,9-11,14H,1-3,5,7-8H2,(H,17,20)/t14-/m1/s1. The van der Waals surface area contributed by atoms with Crippen molar-refractivity contribution >= 4 is 17.2 Å². The van der Waals surface area contributed by atoms with Crippen molar-refractivity contribution in [3.8, 4) is 0 Å². The second-order valence-electron chi connectivity index (χ2n) is 5.39. The van der Waals surface area contributed by atoms with E-state index in [1.807, 2.05) is 16.8 Å². The van der Waals surface area contributed by atoms with Crippen LogP contribution in [0.1, 0.15) is 42.3 Å². The van der Waals surface area contributed by atoms with Crippen LogP contribution in [0.25, 0.3) is 0 Å². The van der Waals surface area contributed by atoms with E-state index in [0.717, 1.165) is 42.8 Å². The van der Waals surface area contributed by atoms with Crippen LogP contribution in [0.3, 0.4) is 0 Å². The third-order valence-electron chi connectivity index (χ3n) is 3.63. The van der Waals surface area contributed by atoms with Gasteiger partial charge in [-0.2, -0.15) is 11.3 Å². The van der Waals surface area contributed by atoms with Crippen LogP contribution < -0.4 is 5.32 Å². The minimum Gasteiger partial charge on any atom is -0.370 e. The van der Waals surface area contributed by atoms with Crippen LogP contribution in [0.5, 0.6) is 0 Å². The van der Waals surface area contributed by atoms with Gasteiger partial charge in [-0.3, -0.25) is 4.79 Å². The van der Waals surface area contributed by atoms with Crippen LogP contribution in [0, 0.1) is 0 Å². The molecule has 1 amide bonds. The lowest BCUT2D eigenvalue weighted by atomic mass is 10.1. The Labute approximate surface area is 133 Å². The number of hydrogen-bond acceptors (Lipinski definition) is 5. The Bertz CT molecular complexity index is 592. The maximum Gasteiger partial charge on any atom is 0.224 e. The van der Waals surface area contributed by atoms with Gasteiger partial charge in [0.25, 0.3) is 0 Å². The van der Waals surface area contributed by atoms with Gasteiger partial charge in [-0.05, 0) is 41.7 Å². The van der Waals surface area contributed by atoms with E-state index in [-0.39, 0.29) is 12.0 Å². The van der Waals surface area contributed by atoms with Crippen LogP contribution in [0.2, 0.25) is 0 Å². The Morgan fingerprint density at radius 3 is 2.86 bits per heavy atom. The van der Waals surface area contributed by atoms with E-state index < -0.39 is 0 Å². The lowest BCUT2D eigenvalue weighted by Crippen LogP contribution is -2.24. The molecule has 3 heterocycles. The molecular weight excluding hydrogens is 298 g/mol. The fourth-order valence-electron chi connectivity index (χ4n) is 2.41. The number of hydrogen-bond donors (Lipinski definition) is 1. The molecule has 1 fully saturated rings. The van der Waals surface area contributed by atoms with Crippen molar-refractivity contribution in [2.45, 2.75) is 38.3 Å². The fraction of sp³-hybridized carbons (Fsp3) is 0.438.